The van der Waals surface area contributed by atoms with Crippen molar-refractivity contribution >= 4 is 29.4 Å². The number of hydrogen-bond donors (Lipinski definition) is 1. The summed E-state index contributed by atoms with van der Waals surface area (Å²) in [6.45, 7) is 5.43. The predicted molar refractivity (Wildman–Crippen MR) is 111 cm³/mol. The third-order valence-corrected chi connectivity index (χ3v) is 5.58. The highest BCUT2D eigenvalue weighted by Gasteiger charge is 2.36. The number of ether oxygens (including phenoxy) is 1. The molecule has 1 aromatic rings. The van der Waals surface area contributed by atoms with Crippen LogP contribution in [0.2, 0.25) is 0 Å². The maximum absolute atomic E-state index is 12.7. The molecule has 2 aliphatic rings. The van der Waals surface area contributed by atoms with Crippen LogP contribution in [0, 0.1) is 5.92 Å². The van der Waals surface area contributed by atoms with E-state index in [4.69, 9.17) is 4.74 Å². The summed E-state index contributed by atoms with van der Waals surface area (Å²) < 4.78 is 4.96. The number of esters is 1. The highest BCUT2D eigenvalue weighted by Crippen LogP contribution is 2.26. The lowest BCUT2D eigenvalue weighted by Gasteiger charge is -2.29. The average molecular weight is 415 g/mol. The van der Waals surface area contributed by atoms with Gasteiger partial charge in [0.15, 0.2) is 0 Å². The zero-order valence-corrected chi connectivity index (χ0v) is 17.6. The van der Waals surface area contributed by atoms with Crippen molar-refractivity contribution in [1.29, 1.82) is 0 Å². The highest BCUT2D eigenvalue weighted by atomic mass is 16.5. The molecule has 2 fully saturated rings. The van der Waals surface area contributed by atoms with E-state index in [0.29, 0.717) is 17.9 Å². The third kappa shape index (κ3) is 4.98. The smallest absolute Gasteiger partial charge is 0.338 e. The predicted octanol–water partition coefficient (Wildman–Crippen LogP) is 1.73. The van der Waals surface area contributed by atoms with E-state index in [1.807, 2.05) is 0 Å². The fraction of sp³-hybridized carbons (Fsp3) is 0.545. The average Bonchev–Trinajstić information content (AvgIpc) is 3.16. The Balaban J connectivity index is 1.57. The van der Waals surface area contributed by atoms with Gasteiger partial charge in [0.2, 0.25) is 17.7 Å². The van der Waals surface area contributed by atoms with Gasteiger partial charge in [-0.25, -0.2) is 4.79 Å². The van der Waals surface area contributed by atoms with E-state index < -0.39 is 17.9 Å². The van der Waals surface area contributed by atoms with Crippen LogP contribution >= 0.6 is 0 Å². The maximum Gasteiger partial charge on any atom is 0.338 e. The molecule has 2 aliphatic heterocycles. The molecule has 0 aromatic heterocycles. The Kier molecular flexibility index (Phi) is 7.07. The SMILES string of the molecule is CCOC(=O)c1ccc(N2CC(C(=O)NC(C)C(=O)N3CCCCC3)CC2=O)cc1. The van der Waals surface area contributed by atoms with Gasteiger partial charge >= 0.3 is 5.97 Å². The van der Waals surface area contributed by atoms with Crippen molar-refractivity contribution in [3.8, 4) is 0 Å². The number of rotatable bonds is 6. The van der Waals surface area contributed by atoms with Gasteiger partial charge < -0.3 is 19.9 Å². The van der Waals surface area contributed by atoms with Crippen LogP contribution in [-0.4, -0.2) is 60.9 Å². The minimum Gasteiger partial charge on any atom is -0.462 e. The molecule has 2 heterocycles. The van der Waals surface area contributed by atoms with E-state index in [1.165, 1.54) is 4.90 Å². The second-order valence-electron chi connectivity index (χ2n) is 7.79. The van der Waals surface area contributed by atoms with Crippen LogP contribution in [-0.2, 0) is 19.1 Å². The van der Waals surface area contributed by atoms with Crippen LogP contribution in [0.5, 0.6) is 0 Å². The molecule has 0 spiro atoms. The number of hydrogen-bond acceptors (Lipinski definition) is 5. The van der Waals surface area contributed by atoms with Crippen LogP contribution in [0.1, 0.15) is 49.9 Å². The van der Waals surface area contributed by atoms with Gasteiger partial charge in [0.05, 0.1) is 18.1 Å². The molecule has 8 nitrogen and oxygen atoms in total. The minimum atomic E-state index is -0.608. The fourth-order valence-corrected chi connectivity index (χ4v) is 3.91. The van der Waals surface area contributed by atoms with Crippen molar-refractivity contribution in [3.05, 3.63) is 29.8 Å². The molecule has 0 aliphatic carbocycles. The van der Waals surface area contributed by atoms with Gasteiger partial charge in [0.1, 0.15) is 6.04 Å². The molecular formula is C22H29N3O5. The summed E-state index contributed by atoms with van der Waals surface area (Å²) in [5.41, 5.74) is 1.03. The molecule has 30 heavy (non-hydrogen) atoms. The van der Waals surface area contributed by atoms with E-state index in [-0.39, 0.29) is 30.7 Å². The van der Waals surface area contributed by atoms with Crippen LogP contribution in [0.25, 0.3) is 0 Å². The first-order chi connectivity index (χ1) is 14.4. The molecule has 2 saturated heterocycles. The summed E-state index contributed by atoms with van der Waals surface area (Å²) >= 11 is 0. The lowest BCUT2D eigenvalue weighted by Crippen LogP contribution is -2.50. The van der Waals surface area contributed by atoms with E-state index in [9.17, 15) is 19.2 Å². The van der Waals surface area contributed by atoms with Crippen molar-refractivity contribution in [2.45, 2.75) is 45.6 Å². The quantitative estimate of drug-likeness (QED) is 0.714. The Bertz CT molecular complexity index is 801. The van der Waals surface area contributed by atoms with Crippen LogP contribution in [0.4, 0.5) is 5.69 Å². The number of piperidine rings is 1. The van der Waals surface area contributed by atoms with Gasteiger partial charge in [-0.3, -0.25) is 14.4 Å². The van der Waals surface area contributed by atoms with Gasteiger partial charge in [-0.05, 0) is 57.4 Å². The number of benzene rings is 1. The number of carbonyl (C=O) groups is 4. The summed E-state index contributed by atoms with van der Waals surface area (Å²) in [7, 11) is 0. The molecule has 0 bridgehead atoms. The molecule has 3 rings (SSSR count). The molecule has 3 amide bonds. The molecular weight excluding hydrogens is 386 g/mol. The number of carbonyl (C=O) groups excluding carboxylic acids is 4. The Morgan fingerprint density at radius 3 is 2.43 bits per heavy atom. The van der Waals surface area contributed by atoms with Gasteiger partial charge in [-0.1, -0.05) is 0 Å². The first-order valence-electron chi connectivity index (χ1n) is 10.6. The van der Waals surface area contributed by atoms with Crippen molar-refractivity contribution in [2.75, 3.05) is 31.1 Å². The van der Waals surface area contributed by atoms with Crippen molar-refractivity contribution in [1.82, 2.24) is 10.2 Å². The summed E-state index contributed by atoms with van der Waals surface area (Å²) in [5, 5.41) is 2.78. The Hall–Kier alpha value is -2.90. The molecule has 2 atom stereocenters. The van der Waals surface area contributed by atoms with E-state index in [2.05, 4.69) is 5.32 Å². The standard InChI is InChI=1S/C22H29N3O5/c1-3-30-22(29)16-7-9-18(10-8-16)25-14-17(13-19(25)26)20(27)23-15(2)21(28)24-11-5-4-6-12-24/h7-10,15,17H,3-6,11-14H2,1-2H3,(H,23,27). The summed E-state index contributed by atoms with van der Waals surface area (Å²) in [4.78, 5) is 52.7. The van der Waals surface area contributed by atoms with Gasteiger partial charge in [-0.2, -0.15) is 0 Å². The van der Waals surface area contributed by atoms with Crippen LogP contribution in [0.3, 0.4) is 0 Å². The van der Waals surface area contributed by atoms with E-state index in [1.54, 1.807) is 43.0 Å². The maximum atomic E-state index is 12.7. The van der Waals surface area contributed by atoms with Crippen LogP contribution in [0.15, 0.2) is 24.3 Å². The molecule has 0 saturated carbocycles. The van der Waals surface area contributed by atoms with E-state index in [0.717, 1.165) is 32.4 Å². The van der Waals surface area contributed by atoms with Crippen LogP contribution < -0.4 is 10.2 Å². The number of nitrogens with zero attached hydrogens (tertiary/aromatic N) is 2. The Labute approximate surface area is 176 Å². The normalized spacial score (nSPS) is 20.1. The number of nitrogens with one attached hydrogen (secondary N) is 1. The zero-order valence-electron chi connectivity index (χ0n) is 17.6. The number of amides is 3. The first-order valence-corrected chi connectivity index (χ1v) is 10.6. The number of anilines is 1. The summed E-state index contributed by atoms with van der Waals surface area (Å²) in [5.74, 6) is -1.44. The lowest BCUT2D eigenvalue weighted by molar-refractivity contribution is -0.137. The van der Waals surface area contributed by atoms with Crippen molar-refractivity contribution in [3.63, 3.8) is 0 Å². The zero-order chi connectivity index (χ0) is 21.7. The first kappa shape index (κ1) is 21.8. The largest absolute Gasteiger partial charge is 0.462 e. The molecule has 2 unspecified atom stereocenters. The Morgan fingerprint density at radius 2 is 1.80 bits per heavy atom. The summed E-state index contributed by atoms with van der Waals surface area (Å²) in [6, 6.07) is 5.95. The topological polar surface area (TPSA) is 96.0 Å². The van der Waals surface area contributed by atoms with E-state index >= 15 is 0 Å². The second kappa shape index (κ2) is 9.73. The van der Waals surface area contributed by atoms with Gasteiger partial charge in [0.25, 0.3) is 0 Å². The van der Waals surface area contributed by atoms with Gasteiger partial charge in [0, 0.05) is 31.7 Å². The Morgan fingerprint density at radius 1 is 1.13 bits per heavy atom. The van der Waals surface area contributed by atoms with Gasteiger partial charge in [-0.15, -0.1) is 0 Å². The van der Waals surface area contributed by atoms with Crippen molar-refractivity contribution in [2.24, 2.45) is 5.92 Å². The molecule has 8 heteroatoms. The minimum absolute atomic E-state index is 0.0706. The molecule has 1 N–H and O–H groups in total. The molecule has 162 valence electrons. The third-order valence-electron chi connectivity index (χ3n) is 5.58. The highest BCUT2D eigenvalue weighted by molar-refractivity contribution is 6.01. The fourth-order valence-electron chi connectivity index (χ4n) is 3.91. The van der Waals surface area contributed by atoms with Crippen molar-refractivity contribution < 1.29 is 23.9 Å². The number of likely N-dealkylation sites (tertiary alicyclic amines) is 1. The molecule has 0 radical (unpaired) electrons. The monoisotopic (exact) mass is 415 g/mol. The lowest BCUT2D eigenvalue weighted by atomic mass is 10.1. The molecule has 1 aromatic carbocycles. The second-order valence-corrected chi connectivity index (χ2v) is 7.79. The summed E-state index contributed by atoms with van der Waals surface area (Å²) in [6.07, 6.45) is 3.21.